The molecule has 6 nitrogen and oxygen atoms in total. The third kappa shape index (κ3) is 11.6. The fraction of sp³-hybridized carbons (Fsp3) is 1.00. The highest BCUT2D eigenvalue weighted by atomic mass is 15.2. The van der Waals surface area contributed by atoms with Gasteiger partial charge in [-0.15, -0.1) is 0 Å². The molecule has 0 aromatic carbocycles. The average Bonchev–Trinajstić information content (AvgIpc) is 2.48. The van der Waals surface area contributed by atoms with Crippen LogP contribution in [0.1, 0.15) is 0 Å². The Kier molecular flexibility index (Phi) is 15.0. The third-order valence-corrected chi connectivity index (χ3v) is 3.44. The lowest BCUT2D eigenvalue weighted by Gasteiger charge is -2.27. The number of hydrogen-bond donors (Lipinski definition) is 4. The van der Waals surface area contributed by atoms with Gasteiger partial charge in [0.1, 0.15) is 0 Å². The number of hydrogen-bond acceptors (Lipinski definition) is 6. The highest BCUT2D eigenvalue weighted by Crippen LogP contribution is 1.92. The number of likely N-dealkylation sites (N-methyl/N-ethyl adjacent to an activating group) is 4. The molecule has 122 valence electrons. The molecule has 0 heterocycles. The first kappa shape index (κ1) is 19.8. The van der Waals surface area contributed by atoms with Crippen LogP contribution in [0.4, 0.5) is 0 Å². The summed E-state index contributed by atoms with van der Waals surface area (Å²) in [5, 5.41) is 12.9. The van der Waals surface area contributed by atoms with Gasteiger partial charge in [-0.2, -0.15) is 0 Å². The van der Waals surface area contributed by atoms with Crippen LogP contribution in [0.5, 0.6) is 0 Å². The molecule has 0 bridgehead atoms. The zero-order valence-corrected chi connectivity index (χ0v) is 14.0. The molecule has 0 unspecified atom stereocenters. The van der Waals surface area contributed by atoms with E-state index >= 15 is 0 Å². The van der Waals surface area contributed by atoms with Gasteiger partial charge in [-0.3, -0.25) is 9.80 Å². The molecular weight excluding hydrogens is 252 g/mol. The minimum absolute atomic E-state index is 1.05. The van der Waals surface area contributed by atoms with Crippen LogP contribution < -0.4 is 21.3 Å². The highest BCUT2D eigenvalue weighted by molar-refractivity contribution is 4.66. The molecule has 0 saturated carbocycles. The summed E-state index contributed by atoms with van der Waals surface area (Å²) < 4.78 is 0. The number of nitrogens with zero attached hydrogens (tertiary/aromatic N) is 2. The molecule has 6 heteroatoms. The standard InChI is InChI=1S/C14H36N6/c1-15-5-9-19(10-6-16-2)13-14-20(11-7-17-3)12-8-18-4/h15-18H,5-14H2,1-4H3. The lowest BCUT2D eigenvalue weighted by Crippen LogP contribution is -2.43. The van der Waals surface area contributed by atoms with Gasteiger partial charge in [-0.05, 0) is 28.2 Å². The lowest BCUT2D eigenvalue weighted by molar-refractivity contribution is 0.206. The fourth-order valence-corrected chi connectivity index (χ4v) is 2.03. The second-order valence-corrected chi connectivity index (χ2v) is 5.10. The molecular formula is C14H36N6. The molecule has 0 radical (unpaired) electrons. The normalized spacial score (nSPS) is 11.7. The molecule has 0 atom stereocenters. The summed E-state index contributed by atoms with van der Waals surface area (Å²) in [5.74, 6) is 0. The molecule has 0 spiro atoms. The Morgan fingerprint density at radius 3 is 0.900 bits per heavy atom. The van der Waals surface area contributed by atoms with Gasteiger partial charge in [0.05, 0.1) is 0 Å². The first-order chi connectivity index (χ1) is 9.78. The number of nitrogens with one attached hydrogen (secondary N) is 4. The van der Waals surface area contributed by atoms with Crippen LogP contribution in [0.3, 0.4) is 0 Å². The zero-order chi connectivity index (χ0) is 15.1. The van der Waals surface area contributed by atoms with E-state index in [0.717, 1.165) is 65.4 Å². The molecule has 4 N–H and O–H groups in total. The van der Waals surface area contributed by atoms with Crippen LogP contribution in [0.15, 0.2) is 0 Å². The van der Waals surface area contributed by atoms with Crippen molar-refractivity contribution in [1.29, 1.82) is 0 Å². The molecule has 20 heavy (non-hydrogen) atoms. The largest absolute Gasteiger partial charge is 0.318 e. The van der Waals surface area contributed by atoms with Gasteiger partial charge in [0.2, 0.25) is 0 Å². The van der Waals surface area contributed by atoms with E-state index in [0.29, 0.717) is 0 Å². The predicted molar refractivity (Wildman–Crippen MR) is 88.6 cm³/mol. The van der Waals surface area contributed by atoms with Crippen LogP contribution in [-0.4, -0.2) is 103 Å². The average molecular weight is 288 g/mol. The van der Waals surface area contributed by atoms with Crippen LogP contribution in [0.25, 0.3) is 0 Å². The van der Waals surface area contributed by atoms with Gasteiger partial charge >= 0.3 is 0 Å². The van der Waals surface area contributed by atoms with E-state index in [1.165, 1.54) is 0 Å². The van der Waals surface area contributed by atoms with Gasteiger partial charge < -0.3 is 21.3 Å². The SMILES string of the molecule is CNCCN(CCNC)CCN(CCNC)CCNC. The summed E-state index contributed by atoms with van der Waals surface area (Å²) in [7, 11) is 8.07. The molecule has 0 aliphatic rings. The zero-order valence-electron chi connectivity index (χ0n) is 14.0. The van der Waals surface area contributed by atoms with E-state index in [2.05, 4.69) is 31.1 Å². The summed E-state index contributed by atoms with van der Waals surface area (Å²) in [6.45, 7) is 10.9. The molecule has 0 saturated heterocycles. The maximum absolute atomic E-state index is 3.24. The topological polar surface area (TPSA) is 54.6 Å². The lowest BCUT2D eigenvalue weighted by atomic mass is 10.3. The van der Waals surface area contributed by atoms with E-state index < -0.39 is 0 Å². The quantitative estimate of drug-likeness (QED) is 0.293. The van der Waals surface area contributed by atoms with Gasteiger partial charge in [-0.25, -0.2) is 0 Å². The summed E-state index contributed by atoms with van der Waals surface area (Å²) in [5.41, 5.74) is 0. The van der Waals surface area contributed by atoms with Crippen molar-refractivity contribution in [1.82, 2.24) is 31.1 Å². The molecule has 0 aliphatic heterocycles. The second-order valence-electron chi connectivity index (χ2n) is 5.10. The summed E-state index contributed by atoms with van der Waals surface area (Å²) in [6.07, 6.45) is 0. The van der Waals surface area contributed by atoms with Crippen LogP contribution in [0.2, 0.25) is 0 Å². The first-order valence-corrected chi connectivity index (χ1v) is 7.81. The first-order valence-electron chi connectivity index (χ1n) is 7.81. The molecule has 0 fully saturated rings. The van der Waals surface area contributed by atoms with Crippen molar-refractivity contribution in [3.05, 3.63) is 0 Å². The minimum atomic E-state index is 1.05. The highest BCUT2D eigenvalue weighted by Gasteiger charge is 2.08. The Labute approximate surface area is 125 Å². The van der Waals surface area contributed by atoms with Crippen molar-refractivity contribution in [3.63, 3.8) is 0 Å². The van der Waals surface area contributed by atoms with E-state index in [1.807, 2.05) is 28.2 Å². The van der Waals surface area contributed by atoms with Crippen molar-refractivity contribution in [2.75, 3.05) is 93.6 Å². The predicted octanol–water partition coefficient (Wildman–Crippen LogP) is -1.53. The van der Waals surface area contributed by atoms with E-state index in [-0.39, 0.29) is 0 Å². The Bertz CT molecular complexity index is 155. The molecule has 0 aromatic rings. The Morgan fingerprint density at radius 1 is 0.450 bits per heavy atom. The maximum atomic E-state index is 3.24. The number of rotatable bonds is 15. The second kappa shape index (κ2) is 15.2. The van der Waals surface area contributed by atoms with Gasteiger partial charge in [0, 0.05) is 65.4 Å². The molecule has 0 aliphatic carbocycles. The molecule has 0 rings (SSSR count). The van der Waals surface area contributed by atoms with Crippen LogP contribution in [0, 0.1) is 0 Å². The van der Waals surface area contributed by atoms with Crippen molar-refractivity contribution < 1.29 is 0 Å². The summed E-state index contributed by atoms with van der Waals surface area (Å²) in [6, 6.07) is 0. The third-order valence-electron chi connectivity index (χ3n) is 3.44. The minimum Gasteiger partial charge on any atom is -0.318 e. The van der Waals surface area contributed by atoms with E-state index in [9.17, 15) is 0 Å². The van der Waals surface area contributed by atoms with E-state index in [1.54, 1.807) is 0 Å². The van der Waals surface area contributed by atoms with Gasteiger partial charge in [0.25, 0.3) is 0 Å². The van der Waals surface area contributed by atoms with Crippen molar-refractivity contribution in [3.8, 4) is 0 Å². The van der Waals surface area contributed by atoms with E-state index in [4.69, 9.17) is 0 Å². The smallest absolute Gasteiger partial charge is 0.0110 e. The Hall–Kier alpha value is -0.240. The fourth-order valence-electron chi connectivity index (χ4n) is 2.03. The van der Waals surface area contributed by atoms with Crippen molar-refractivity contribution >= 4 is 0 Å². The summed E-state index contributed by atoms with van der Waals surface area (Å²) >= 11 is 0. The monoisotopic (exact) mass is 288 g/mol. The Morgan fingerprint density at radius 2 is 0.700 bits per heavy atom. The van der Waals surface area contributed by atoms with Gasteiger partial charge in [-0.1, -0.05) is 0 Å². The van der Waals surface area contributed by atoms with Crippen LogP contribution >= 0.6 is 0 Å². The summed E-state index contributed by atoms with van der Waals surface area (Å²) in [4.78, 5) is 5.05. The maximum Gasteiger partial charge on any atom is 0.0110 e. The van der Waals surface area contributed by atoms with Crippen molar-refractivity contribution in [2.45, 2.75) is 0 Å². The Balaban J connectivity index is 4.05. The van der Waals surface area contributed by atoms with Crippen molar-refractivity contribution in [2.24, 2.45) is 0 Å². The molecule has 0 aromatic heterocycles. The van der Waals surface area contributed by atoms with Gasteiger partial charge in [0.15, 0.2) is 0 Å². The van der Waals surface area contributed by atoms with Crippen LogP contribution in [-0.2, 0) is 0 Å². The molecule has 0 amide bonds.